The van der Waals surface area contributed by atoms with Crippen LogP contribution in [0.1, 0.15) is 50.3 Å². The van der Waals surface area contributed by atoms with Crippen molar-refractivity contribution >= 4 is 29.2 Å². The second-order valence-electron chi connectivity index (χ2n) is 8.59. The largest absolute Gasteiger partial charge is 0.331 e. The number of carbonyl (C=O) groups is 1. The van der Waals surface area contributed by atoms with Crippen LogP contribution in [0.25, 0.3) is 11.1 Å². The van der Waals surface area contributed by atoms with E-state index in [0.29, 0.717) is 16.1 Å². The van der Waals surface area contributed by atoms with E-state index in [1.54, 1.807) is 0 Å². The minimum absolute atomic E-state index is 0.0842. The van der Waals surface area contributed by atoms with Gasteiger partial charge in [-0.05, 0) is 58.3 Å². The van der Waals surface area contributed by atoms with E-state index in [-0.39, 0.29) is 18.1 Å². The van der Waals surface area contributed by atoms with Crippen LogP contribution in [0, 0.1) is 0 Å². The summed E-state index contributed by atoms with van der Waals surface area (Å²) in [6.07, 6.45) is 8.19. The normalized spacial score (nSPS) is 19.0. The van der Waals surface area contributed by atoms with E-state index in [4.69, 9.17) is 23.2 Å². The first kappa shape index (κ1) is 21.5. The zero-order chi connectivity index (χ0) is 21.4. The van der Waals surface area contributed by atoms with E-state index in [9.17, 15) is 4.79 Å². The number of amides is 2. The molecule has 8 heteroatoms. The molecule has 4 rings (SSSR count). The molecular formula is C22H29Cl2N5O. The number of aromatic nitrogens is 2. The second kappa shape index (κ2) is 8.77. The Labute approximate surface area is 188 Å². The van der Waals surface area contributed by atoms with E-state index in [0.717, 1.165) is 42.6 Å². The number of benzene rings is 1. The quantitative estimate of drug-likeness (QED) is 0.699. The van der Waals surface area contributed by atoms with Crippen LogP contribution >= 0.6 is 23.2 Å². The molecular weight excluding hydrogens is 421 g/mol. The molecule has 1 aliphatic heterocycles. The highest BCUT2D eigenvalue weighted by molar-refractivity contribution is 6.44. The molecule has 1 N–H and O–H groups in total. The molecule has 162 valence electrons. The molecule has 1 saturated heterocycles. The van der Waals surface area contributed by atoms with Gasteiger partial charge in [0.15, 0.2) is 0 Å². The average molecular weight is 450 g/mol. The summed E-state index contributed by atoms with van der Waals surface area (Å²) >= 11 is 13.2. The smallest absolute Gasteiger partial charge is 0.317 e. The Hall–Kier alpha value is -1.76. The minimum atomic E-state index is -0.251. The van der Waals surface area contributed by atoms with Crippen molar-refractivity contribution in [1.82, 2.24) is 24.9 Å². The number of rotatable bonds is 5. The monoisotopic (exact) mass is 449 g/mol. The lowest BCUT2D eigenvalue weighted by Crippen LogP contribution is -2.48. The molecule has 1 aromatic heterocycles. The van der Waals surface area contributed by atoms with Gasteiger partial charge >= 0.3 is 6.03 Å². The summed E-state index contributed by atoms with van der Waals surface area (Å²) in [4.78, 5) is 16.9. The summed E-state index contributed by atoms with van der Waals surface area (Å²) in [5, 5.41) is 8.48. The maximum absolute atomic E-state index is 12.8. The van der Waals surface area contributed by atoms with Gasteiger partial charge in [0.2, 0.25) is 0 Å². The molecule has 1 unspecified atom stereocenters. The Balaban J connectivity index is 1.45. The van der Waals surface area contributed by atoms with Gasteiger partial charge in [0.25, 0.3) is 0 Å². The summed E-state index contributed by atoms with van der Waals surface area (Å²) in [5.41, 5.74) is 2.63. The Morgan fingerprint density at radius 2 is 1.90 bits per heavy atom. The molecule has 2 heterocycles. The predicted octanol–water partition coefficient (Wildman–Crippen LogP) is 4.99. The second-order valence-corrected chi connectivity index (χ2v) is 9.34. The first-order valence-electron chi connectivity index (χ1n) is 10.6. The van der Waals surface area contributed by atoms with Gasteiger partial charge in [-0.2, -0.15) is 5.10 Å². The van der Waals surface area contributed by atoms with Crippen LogP contribution in [0.2, 0.25) is 10.0 Å². The third-order valence-electron chi connectivity index (χ3n) is 6.31. The highest BCUT2D eigenvalue weighted by Crippen LogP contribution is 2.40. The molecule has 1 atom stereocenters. The number of nitrogens with one attached hydrogen (secondary N) is 1. The lowest BCUT2D eigenvalue weighted by molar-refractivity contribution is 0.146. The summed E-state index contributed by atoms with van der Waals surface area (Å²) < 4.78 is 2.00. The molecule has 30 heavy (non-hydrogen) atoms. The molecule has 2 aliphatic rings. The number of nitrogens with zero attached hydrogens (tertiary/aromatic N) is 4. The topological polar surface area (TPSA) is 53.4 Å². The molecule has 2 aromatic rings. The van der Waals surface area contributed by atoms with Crippen LogP contribution in [0.3, 0.4) is 0 Å². The van der Waals surface area contributed by atoms with Crippen molar-refractivity contribution in [2.24, 2.45) is 0 Å². The summed E-state index contributed by atoms with van der Waals surface area (Å²) in [5.74, 6) is 0. The van der Waals surface area contributed by atoms with Crippen LogP contribution in [0.4, 0.5) is 4.79 Å². The van der Waals surface area contributed by atoms with Crippen LogP contribution in [-0.4, -0.2) is 58.8 Å². The van der Waals surface area contributed by atoms with Gasteiger partial charge in [-0.25, -0.2) is 4.79 Å². The fourth-order valence-electron chi connectivity index (χ4n) is 4.05. The van der Waals surface area contributed by atoms with Gasteiger partial charge in [-0.15, -0.1) is 0 Å². The molecule has 0 radical (unpaired) electrons. The fraction of sp³-hybridized carbons (Fsp3) is 0.545. The van der Waals surface area contributed by atoms with Crippen molar-refractivity contribution in [2.45, 2.75) is 50.7 Å². The molecule has 6 nitrogen and oxygen atoms in total. The zero-order valence-electron chi connectivity index (χ0n) is 17.7. The maximum atomic E-state index is 12.8. The van der Waals surface area contributed by atoms with Crippen LogP contribution in [-0.2, 0) is 0 Å². The van der Waals surface area contributed by atoms with Gasteiger partial charge in [-0.1, -0.05) is 35.3 Å². The van der Waals surface area contributed by atoms with Gasteiger partial charge in [-0.3, -0.25) is 4.68 Å². The standard InChI is InChI=1S/C22H29Cl2N5O/c1-14(26-22(30)28(3)16-8-10-27(2)11-9-16)18-6-7-19(21(24)20(18)23)15-12-25-29(13-15)17-4-5-17/h6-7,12-14,16-17H,4-5,8-11H2,1-3H3,(H,26,30). The van der Waals surface area contributed by atoms with Gasteiger partial charge in [0.1, 0.15) is 0 Å². The van der Waals surface area contributed by atoms with Crippen LogP contribution in [0.5, 0.6) is 0 Å². The molecule has 1 aromatic carbocycles. The summed E-state index contributed by atoms with van der Waals surface area (Å²) in [7, 11) is 3.98. The lowest BCUT2D eigenvalue weighted by Gasteiger charge is -2.35. The predicted molar refractivity (Wildman–Crippen MR) is 121 cm³/mol. The number of hydrogen-bond acceptors (Lipinski definition) is 3. The average Bonchev–Trinajstić information content (AvgIpc) is 3.47. The number of hydrogen-bond donors (Lipinski definition) is 1. The first-order chi connectivity index (χ1) is 14.3. The molecule has 1 aliphatic carbocycles. The van der Waals surface area contributed by atoms with Crippen molar-refractivity contribution in [3.8, 4) is 11.1 Å². The van der Waals surface area contributed by atoms with E-state index in [2.05, 4.69) is 22.4 Å². The van der Waals surface area contributed by atoms with E-state index < -0.39 is 0 Å². The maximum Gasteiger partial charge on any atom is 0.317 e. The molecule has 1 saturated carbocycles. The number of likely N-dealkylation sites (tertiary alicyclic amines) is 1. The van der Waals surface area contributed by atoms with Crippen molar-refractivity contribution in [3.05, 3.63) is 40.1 Å². The van der Waals surface area contributed by atoms with Gasteiger partial charge < -0.3 is 15.1 Å². The summed E-state index contributed by atoms with van der Waals surface area (Å²) in [6, 6.07) is 4.35. The number of piperidine rings is 1. The van der Waals surface area contributed by atoms with Crippen molar-refractivity contribution in [2.75, 3.05) is 27.2 Å². The van der Waals surface area contributed by atoms with Crippen molar-refractivity contribution in [3.63, 3.8) is 0 Å². The lowest BCUT2D eigenvalue weighted by atomic mass is 10.0. The Bertz CT molecular complexity index is 918. The summed E-state index contributed by atoms with van der Waals surface area (Å²) in [6.45, 7) is 3.96. The molecule has 2 amide bonds. The van der Waals surface area contributed by atoms with E-state index in [1.165, 1.54) is 12.8 Å². The molecule has 2 fully saturated rings. The van der Waals surface area contributed by atoms with E-state index >= 15 is 0 Å². The van der Waals surface area contributed by atoms with Crippen LogP contribution < -0.4 is 5.32 Å². The first-order valence-corrected chi connectivity index (χ1v) is 11.3. The third kappa shape index (κ3) is 4.46. The van der Waals surface area contributed by atoms with Gasteiger partial charge in [0, 0.05) is 30.4 Å². The highest BCUT2D eigenvalue weighted by Gasteiger charge is 2.27. The Morgan fingerprint density at radius 1 is 1.20 bits per heavy atom. The SMILES string of the molecule is CC(NC(=O)N(C)C1CCN(C)CC1)c1ccc(-c2cnn(C3CC3)c2)c(Cl)c1Cl. The van der Waals surface area contributed by atoms with E-state index in [1.807, 2.05) is 48.1 Å². The molecule has 0 spiro atoms. The highest BCUT2D eigenvalue weighted by atomic mass is 35.5. The molecule has 0 bridgehead atoms. The Morgan fingerprint density at radius 3 is 2.57 bits per heavy atom. The zero-order valence-corrected chi connectivity index (χ0v) is 19.2. The number of halogens is 2. The minimum Gasteiger partial charge on any atom is -0.331 e. The van der Waals surface area contributed by atoms with Crippen molar-refractivity contribution in [1.29, 1.82) is 0 Å². The Kier molecular flexibility index (Phi) is 6.28. The number of urea groups is 1. The fourth-order valence-corrected chi connectivity index (χ4v) is 4.66. The number of carbonyl (C=O) groups excluding carboxylic acids is 1. The third-order valence-corrected chi connectivity index (χ3v) is 7.20. The van der Waals surface area contributed by atoms with Crippen LogP contribution in [0.15, 0.2) is 24.5 Å². The van der Waals surface area contributed by atoms with Crippen molar-refractivity contribution < 1.29 is 4.79 Å². The van der Waals surface area contributed by atoms with Gasteiger partial charge in [0.05, 0.1) is 28.3 Å².